The molecule has 0 radical (unpaired) electrons. The van der Waals surface area contributed by atoms with Crippen molar-refractivity contribution in [2.24, 2.45) is 0 Å². The summed E-state index contributed by atoms with van der Waals surface area (Å²) in [5.74, 6) is -0.118. The fraction of sp³-hybridized carbons (Fsp3) is 0.0500. The summed E-state index contributed by atoms with van der Waals surface area (Å²) in [5, 5.41) is 8.90. The van der Waals surface area contributed by atoms with Gasteiger partial charge in [0.2, 0.25) is 5.91 Å². The number of rotatable bonds is 5. The maximum absolute atomic E-state index is 12.1. The first kappa shape index (κ1) is 18.2. The van der Waals surface area contributed by atoms with Gasteiger partial charge in [-0.1, -0.05) is 35.9 Å². The number of fused-ring (bicyclic) bond motifs is 1. The van der Waals surface area contributed by atoms with E-state index >= 15 is 0 Å². The summed E-state index contributed by atoms with van der Waals surface area (Å²) in [6.07, 6.45) is 0. The molecule has 2 aromatic heterocycles. The van der Waals surface area contributed by atoms with E-state index in [1.165, 1.54) is 17.4 Å². The quantitative estimate of drug-likeness (QED) is 0.503. The molecule has 8 heteroatoms. The molecule has 2 amide bonds. The van der Waals surface area contributed by atoms with Crippen LogP contribution in [0, 0.1) is 0 Å². The number of nitrogens with one attached hydrogen (secondary N) is 2. The van der Waals surface area contributed by atoms with Gasteiger partial charge in [0.1, 0.15) is 11.3 Å². The molecule has 0 saturated heterocycles. The van der Waals surface area contributed by atoms with Gasteiger partial charge in [-0.3, -0.25) is 9.59 Å². The number of benzene rings is 2. The number of aromatic nitrogens is 1. The molecular formula is C20H14ClN3O3S. The molecule has 0 bridgehead atoms. The van der Waals surface area contributed by atoms with Crippen LogP contribution < -0.4 is 10.6 Å². The number of anilines is 1. The van der Waals surface area contributed by atoms with Gasteiger partial charge in [-0.05, 0) is 30.3 Å². The van der Waals surface area contributed by atoms with Gasteiger partial charge in [0.25, 0.3) is 5.91 Å². The van der Waals surface area contributed by atoms with Crippen LogP contribution in [-0.2, 0) is 4.79 Å². The Kier molecular flexibility index (Phi) is 5.10. The van der Waals surface area contributed by atoms with Gasteiger partial charge in [-0.15, -0.1) is 11.3 Å². The number of amides is 2. The Hall–Kier alpha value is -3.16. The van der Waals surface area contributed by atoms with Crippen LogP contribution in [0.5, 0.6) is 0 Å². The smallest absolute Gasteiger partial charge is 0.251 e. The number of hydrogen-bond acceptors (Lipinski definition) is 5. The third-order valence-electron chi connectivity index (χ3n) is 3.92. The molecule has 0 fully saturated rings. The van der Waals surface area contributed by atoms with Crippen LogP contribution in [0.4, 0.5) is 5.13 Å². The highest BCUT2D eigenvalue weighted by Crippen LogP contribution is 2.30. The summed E-state index contributed by atoms with van der Waals surface area (Å²) < 4.78 is 5.77. The van der Waals surface area contributed by atoms with Gasteiger partial charge >= 0.3 is 0 Å². The van der Waals surface area contributed by atoms with Gasteiger partial charge < -0.3 is 15.1 Å². The first-order valence-corrected chi connectivity index (χ1v) is 9.62. The van der Waals surface area contributed by atoms with E-state index in [2.05, 4.69) is 15.6 Å². The van der Waals surface area contributed by atoms with Crippen LogP contribution in [-0.4, -0.2) is 23.3 Å². The van der Waals surface area contributed by atoms with Crippen LogP contribution in [0.1, 0.15) is 10.4 Å². The summed E-state index contributed by atoms with van der Waals surface area (Å²) >= 11 is 7.15. The second-order valence-corrected chi connectivity index (χ2v) is 7.22. The Morgan fingerprint density at radius 1 is 1.11 bits per heavy atom. The van der Waals surface area contributed by atoms with Crippen molar-refractivity contribution in [2.45, 2.75) is 0 Å². The number of thiazole rings is 1. The van der Waals surface area contributed by atoms with Crippen LogP contribution in [0.25, 0.3) is 22.4 Å². The standard InChI is InChI=1S/C20H14ClN3O3S/c21-14-6-3-5-13(8-14)19(26)22-10-18(25)24-20-23-15(11-28-20)17-9-12-4-1-2-7-16(12)27-17/h1-9,11H,10H2,(H,22,26)(H,23,24,25). The minimum atomic E-state index is -0.375. The lowest BCUT2D eigenvalue weighted by Gasteiger charge is -2.05. The monoisotopic (exact) mass is 411 g/mol. The number of carbonyl (C=O) groups excluding carboxylic acids is 2. The minimum Gasteiger partial charge on any atom is -0.454 e. The molecular weight excluding hydrogens is 398 g/mol. The van der Waals surface area contributed by atoms with Crippen LogP contribution in [0.3, 0.4) is 0 Å². The Morgan fingerprint density at radius 3 is 2.79 bits per heavy atom. The molecule has 0 aliphatic carbocycles. The van der Waals surface area contributed by atoms with Crippen LogP contribution in [0.2, 0.25) is 5.02 Å². The highest BCUT2D eigenvalue weighted by atomic mass is 35.5. The van der Waals surface area contributed by atoms with Gasteiger partial charge in [0, 0.05) is 21.4 Å². The summed E-state index contributed by atoms with van der Waals surface area (Å²) in [7, 11) is 0. The third kappa shape index (κ3) is 4.05. The van der Waals surface area contributed by atoms with Crippen LogP contribution in [0.15, 0.2) is 64.4 Å². The number of para-hydroxylation sites is 1. The van der Waals surface area contributed by atoms with E-state index in [1.54, 1.807) is 23.6 Å². The largest absolute Gasteiger partial charge is 0.454 e. The second kappa shape index (κ2) is 7.84. The Labute approximate surface area is 169 Å². The van der Waals surface area contributed by atoms with Crippen molar-refractivity contribution in [1.29, 1.82) is 0 Å². The lowest BCUT2D eigenvalue weighted by molar-refractivity contribution is -0.115. The first-order chi connectivity index (χ1) is 13.6. The maximum atomic E-state index is 12.1. The van der Waals surface area contributed by atoms with Crippen LogP contribution >= 0.6 is 22.9 Å². The zero-order chi connectivity index (χ0) is 19.5. The average Bonchev–Trinajstić information content (AvgIpc) is 3.32. The highest BCUT2D eigenvalue weighted by Gasteiger charge is 2.13. The molecule has 2 N–H and O–H groups in total. The van der Waals surface area contributed by atoms with Crippen molar-refractivity contribution in [2.75, 3.05) is 11.9 Å². The van der Waals surface area contributed by atoms with E-state index in [1.807, 2.05) is 30.3 Å². The Bertz CT molecular complexity index is 1140. The van der Waals surface area contributed by atoms with Gasteiger partial charge in [-0.2, -0.15) is 0 Å². The topological polar surface area (TPSA) is 84.2 Å². The second-order valence-electron chi connectivity index (χ2n) is 5.93. The van der Waals surface area contributed by atoms with Crippen molar-refractivity contribution in [3.05, 3.63) is 70.6 Å². The van der Waals surface area contributed by atoms with E-state index in [0.717, 1.165) is 11.0 Å². The fourth-order valence-electron chi connectivity index (χ4n) is 2.61. The third-order valence-corrected chi connectivity index (χ3v) is 4.92. The molecule has 4 rings (SSSR count). The first-order valence-electron chi connectivity index (χ1n) is 8.36. The predicted molar refractivity (Wildman–Crippen MR) is 110 cm³/mol. The minimum absolute atomic E-state index is 0.176. The molecule has 6 nitrogen and oxygen atoms in total. The average molecular weight is 412 g/mol. The van der Waals surface area contributed by atoms with E-state index in [0.29, 0.717) is 27.2 Å². The molecule has 0 aliphatic rings. The molecule has 2 aromatic carbocycles. The van der Waals surface area contributed by atoms with Crippen molar-refractivity contribution in [1.82, 2.24) is 10.3 Å². The number of nitrogens with zero attached hydrogens (tertiary/aromatic N) is 1. The summed E-state index contributed by atoms with van der Waals surface area (Å²) in [6.45, 7) is -0.176. The van der Waals surface area contributed by atoms with E-state index in [-0.39, 0.29) is 18.4 Å². The van der Waals surface area contributed by atoms with Gasteiger partial charge in [0.05, 0.1) is 6.54 Å². The van der Waals surface area contributed by atoms with E-state index in [4.69, 9.17) is 16.0 Å². The number of hydrogen-bond donors (Lipinski definition) is 2. The number of halogens is 1. The molecule has 2 heterocycles. The van der Waals surface area contributed by atoms with Crippen molar-refractivity contribution in [3.63, 3.8) is 0 Å². The molecule has 4 aromatic rings. The molecule has 0 unspecified atom stereocenters. The van der Waals surface area contributed by atoms with Gasteiger partial charge in [-0.25, -0.2) is 4.98 Å². The van der Waals surface area contributed by atoms with Gasteiger partial charge in [0.15, 0.2) is 10.9 Å². The summed E-state index contributed by atoms with van der Waals surface area (Å²) in [4.78, 5) is 28.5. The maximum Gasteiger partial charge on any atom is 0.251 e. The number of carbonyl (C=O) groups is 2. The zero-order valence-corrected chi connectivity index (χ0v) is 16.0. The highest BCUT2D eigenvalue weighted by molar-refractivity contribution is 7.14. The molecule has 0 saturated carbocycles. The molecule has 0 spiro atoms. The lowest BCUT2D eigenvalue weighted by Crippen LogP contribution is -2.32. The zero-order valence-electron chi connectivity index (χ0n) is 14.4. The molecule has 28 heavy (non-hydrogen) atoms. The lowest BCUT2D eigenvalue weighted by atomic mass is 10.2. The van der Waals surface area contributed by atoms with Crippen molar-refractivity contribution in [3.8, 4) is 11.5 Å². The SMILES string of the molecule is O=C(CNC(=O)c1cccc(Cl)c1)Nc1nc(-c2cc3ccccc3o2)cs1. The van der Waals surface area contributed by atoms with Crippen molar-refractivity contribution < 1.29 is 14.0 Å². The Morgan fingerprint density at radius 2 is 1.96 bits per heavy atom. The molecule has 0 atom stereocenters. The van der Waals surface area contributed by atoms with E-state index < -0.39 is 0 Å². The Balaban J connectivity index is 1.37. The molecule has 140 valence electrons. The fourth-order valence-corrected chi connectivity index (χ4v) is 3.51. The summed E-state index contributed by atoms with van der Waals surface area (Å²) in [5.41, 5.74) is 1.81. The molecule has 0 aliphatic heterocycles. The normalized spacial score (nSPS) is 10.8. The van der Waals surface area contributed by atoms with E-state index in [9.17, 15) is 9.59 Å². The predicted octanol–water partition coefficient (Wildman–Crippen LogP) is 4.58. The number of furan rings is 1. The van der Waals surface area contributed by atoms with Crippen molar-refractivity contribution >= 4 is 50.9 Å². The summed E-state index contributed by atoms with van der Waals surface area (Å²) in [6, 6.07) is 16.1.